The minimum Gasteiger partial charge on any atom is -0.454 e. The average molecular weight is 437 g/mol. The van der Waals surface area contributed by atoms with E-state index in [1.807, 2.05) is 42.8 Å². The third kappa shape index (κ3) is 4.69. The fourth-order valence-corrected chi connectivity index (χ4v) is 3.98. The molecule has 1 N–H and O–H groups in total. The van der Waals surface area contributed by atoms with Crippen molar-refractivity contribution < 1.29 is 14.3 Å². The monoisotopic (exact) mass is 436 g/mol. The van der Waals surface area contributed by atoms with Crippen molar-refractivity contribution in [3.8, 4) is 11.5 Å². The Morgan fingerprint density at radius 2 is 2.06 bits per heavy atom. The summed E-state index contributed by atoms with van der Waals surface area (Å²) in [7, 11) is 0. The number of imidazole rings is 1. The second-order valence-electron chi connectivity index (χ2n) is 7.91. The van der Waals surface area contributed by atoms with E-state index < -0.39 is 0 Å². The number of nitrogens with zero attached hydrogens (tertiary/aromatic N) is 3. The minimum absolute atomic E-state index is 0.224. The Balaban J connectivity index is 1.56. The van der Waals surface area contributed by atoms with Crippen molar-refractivity contribution >= 4 is 5.91 Å². The van der Waals surface area contributed by atoms with Gasteiger partial charge in [0, 0.05) is 49.5 Å². The molecular weight excluding hydrogens is 408 g/mol. The first-order chi connectivity index (χ1) is 15.6. The molecule has 8 heteroatoms. The van der Waals surface area contributed by atoms with E-state index in [9.17, 15) is 9.59 Å². The molecule has 0 atom stereocenters. The Labute approximate surface area is 186 Å². The molecule has 4 rings (SSSR count). The molecule has 3 heterocycles. The van der Waals surface area contributed by atoms with Crippen LogP contribution in [0.2, 0.25) is 0 Å². The van der Waals surface area contributed by atoms with Crippen LogP contribution >= 0.6 is 0 Å². The maximum absolute atomic E-state index is 13.0. The molecular formula is C24H28N4O4. The van der Waals surface area contributed by atoms with E-state index in [0.717, 1.165) is 42.1 Å². The van der Waals surface area contributed by atoms with Crippen molar-refractivity contribution in [3.63, 3.8) is 0 Å². The van der Waals surface area contributed by atoms with E-state index in [1.165, 1.54) is 0 Å². The van der Waals surface area contributed by atoms with Gasteiger partial charge < -0.3 is 23.9 Å². The van der Waals surface area contributed by atoms with E-state index in [4.69, 9.17) is 9.47 Å². The molecule has 1 aliphatic rings. The number of aromatic nitrogens is 3. The zero-order valence-electron chi connectivity index (χ0n) is 18.5. The smallest absolute Gasteiger partial charge is 0.257 e. The number of pyridine rings is 1. The van der Waals surface area contributed by atoms with Crippen molar-refractivity contribution in [2.75, 3.05) is 13.3 Å². The van der Waals surface area contributed by atoms with Crippen LogP contribution in [-0.2, 0) is 19.5 Å². The Kier molecular flexibility index (Phi) is 6.58. The number of rotatable bonds is 9. The third-order valence-electron chi connectivity index (χ3n) is 5.56. The molecule has 0 saturated carbocycles. The second-order valence-corrected chi connectivity index (χ2v) is 7.91. The highest BCUT2D eigenvalue weighted by molar-refractivity contribution is 5.95. The van der Waals surface area contributed by atoms with Crippen molar-refractivity contribution in [1.82, 2.24) is 19.4 Å². The molecule has 32 heavy (non-hydrogen) atoms. The first kappa shape index (κ1) is 21.7. The van der Waals surface area contributed by atoms with Gasteiger partial charge in [-0.05, 0) is 37.5 Å². The van der Waals surface area contributed by atoms with Crippen LogP contribution in [0.25, 0.3) is 0 Å². The molecule has 0 bridgehead atoms. The Morgan fingerprint density at radius 1 is 1.22 bits per heavy atom. The molecule has 168 valence electrons. The third-order valence-corrected chi connectivity index (χ3v) is 5.56. The normalized spacial score (nSPS) is 12.2. The number of aryl methyl sites for hydroxylation is 2. The molecule has 1 aliphatic heterocycles. The number of fused-ring (bicyclic) bond motifs is 1. The lowest BCUT2D eigenvalue weighted by molar-refractivity contribution is 0.0949. The lowest BCUT2D eigenvalue weighted by atomic mass is 10.0. The van der Waals surface area contributed by atoms with Crippen molar-refractivity contribution in [3.05, 3.63) is 75.7 Å². The quantitative estimate of drug-likeness (QED) is 0.521. The van der Waals surface area contributed by atoms with Crippen LogP contribution in [-0.4, -0.2) is 33.4 Å². The SMILES string of the molecule is CCCc1c(C(=O)NCCCn2ccnc2)c(=O)cc(C)n1Cc1ccc2c(c1)OCO2. The van der Waals surface area contributed by atoms with Gasteiger partial charge in [0.15, 0.2) is 16.9 Å². The molecule has 0 spiro atoms. The summed E-state index contributed by atoms with van der Waals surface area (Å²) >= 11 is 0. The van der Waals surface area contributed by atoms with Crippen LogP contribution in [0.15, 0.2) is 47.8 Å². The summed E-state index contributed by atoms with van der Waals surface area (Å²) < 4.78 is 14.9. The van der Waals surface area contributed by atoms with Gasteiger partial charge in [-0.25, -0.2) is 4.98 Å². The van der Waals surface area contributed by atoms with Gasteiger partial charge in [0.2, 0.25) is 6.79 Å². The van der Waals surface area contributed by atoms with E-state index >= 15 is 0 Å². The number of hydrogen-bond donors (Lipinski definition) is 1. The van der Waals surface area contributed by atoms with Crippen LogP contribution in [0.5, 0.6) is 11.5 Å². The number of benzene rings is 1. The summed E-state index contributed by atoms with van der Waals surface area (Å²) in [5, 5.41) is 2.92. The van der Waals surface area contributed by atoms with E-state index in [1.54, 1.807) is 18.6 Å². The highest BCUT2D eigenvalue weighted by Gasteiger charge is 2.20. The lowest BCUT2D eigenvalue weighted by Crippen LogP contribution is -2.33. The summed E-state index contributed by atoms with van der Waals surface area (Å²) in [6.07, 6.45) is 7.57. The number of carbonyl (C=O) groups excluding carboxylic acids is 1. The Bertz CT molecular complexity index is 1150. The van der Waals surface area contributed by atoms with E-state index in [2.05, 4.69) is 14.9 Å². The van der Waals surface area contributed by atoms with Gasteiger partial charge in [-0.2, -0.15) is 0 Å². The zero-order valence-corrected chi connectivity index (χ0v) is 18.5. The molecule has 0 radical (unpaired) electrons. The van der Waals surface area contributed by atoms with Crippen LogP contribution in [0.3, 0.4) is 0 Å². The van der Waals surface area contributed by atoms with Crippen molar-refractivity contribution in [2.45, 2.75) is 46.2 Å². The molecule has 2 aromatic heterocycles. The number of nitrogens with one attached hydrogen (secondary N) is 1. The first-order valence-corrected chi connectivity index (χ1v) is 10.9. The fourth-order valence-electron chi connectivity index (χ4n) is 3.98. The van der Waals surface area contributed by atoms with Gasteiger partial charge in [-0.1, -0.05) is 19.4 Å². The van der Waals surface area contributed by atoms with Gasteiger partial charge in [-0.15, -0.1) is 0 Å². The highest BCUT2D eigenvalue weighted by atomic mass is 16.7. The molecule has 3 aromatic rings. The Morgan fingerprint density at radius 3 is 2.84 bits per heavy atom. The molecule has 0 aliphatic carbocycles. The van der Waals surface area contributed by atoms with E-state index in [-0.39, 0.29) is 23.7 Å². The van der Waals surface area contributed by atoms with Crippen LogP contribution in [0, 0.1) is 6.92 Å². The van der Waals surface area contributed by atoms with Gasteiger partial charge in [0.05, 0.1) is 6.33 Å². The highest BCUT2D eigenvalue weighted by Crippen LogP contribution is 2.33. The van der Waals surface area contributed by atoms with Gasteiger partial charge in [0.25, 0.3) is 5.91 Å². The summed E-state index contributed by atoms with van der Waals surface area (Å²) in [5.74, 6) is 1.13. The van der Waals surface area contributed by atoms with Crippen LogP contribution in [0.4, 0.5) is 0 Å². The summed E-state index contributed by atoms with van der Waals surface area (Å²) in [5.41, 5.74) is 2.61. The molecule has 8 nitrogen and oxygen atoms in total. The molecule has 0 unspecified atom stereocenters. The zero-order chi connectivity index (χ0) is 22.5. The molecule has 0 saturated heterocycles. The Hall–Kier alpha value is -3.55. The maximum atomic E-state index is 13.0. The topological polar surface area (TPSA) is 87.4 Å². The van der Waals surface area contributed by atoms with Crippen LogP contribution in [0.1, 0.15) is 47.1 Å². The van der Waals surface area contributed by atoms with Crippen molar-refractivity contribution in [2.24, 2.45) is 0 Å². The average Bonchev–Trinajstić information content (AvgIpc) is 3.45. The maximum Gasteiger partial charge on any atom is 0.257 e. The predicted molar refractivity (Wildman–Crippen MR) is 120 cm³/mol. The minimum atomic E-state index is -0.316. The molecule has 0 fully saturated rings. The fraction of sp³-hybridized carbons (Fsp3) is 0.375. The summed E-state index contributed by atoms with van der Waals surface area (Å²) in [4.78, 5) is 29.9. The largest absolute Gasteiger partial charge is 0.454 e. The number of amides is 1. The number of carbonyl (C=O) groups is 1. The van der Waals surface area contributed by atoms with Crippen LogP contribution < -0.4 is 20.2 Å². The molecule has 1 aromatic carbocycles. The predicted octanol–water partition coefficient (Wildman–Crippen LogP) is 2.90. The number of hydrogen-bond acceptors (Lipinski definition) is 5. The van der Waals surface area contributed by atoms with Gasteiger partial charge in [-0.3, -0.25) is 9.59 Å². The number of ether oxygens (including phenoxy) is 2. The van der Waals surface area contributed by atoms with Gasteiger partial charge in [0.1, 0.15) is 5.56 Å². The first-order valence-electron chi connectivity index (χ1n) is 10.9. The summed E-state index contributed by atoms with van der Waals surface area (Å²) in [6, 6.07) is 7.37. The lowest BCUT2D eigenvalue weighted by Gasteiger charge is -2.20. The van der Waals surface area contributed by atoms with E-state index in [0.29, 0.717) is 25.3 Å². The van der Waals surface area contributed by atoms with Crippen molar-refractivity contribution in [1.29, 1.82) is 0 Å². The summed E-state index contributed by atoms with van der Waals surface area (Å²) in [6.45, 7) is 5.95. The standard InChI is InChI=1S/C24H28N4O4/c1-3-5-19-23(24(30)26-8-4-10-27-11-9-25-15-27)20(29)12-17(2)28(19)14-18-6-7-21-22(13-18)32-16-31-21/h6-7,9,11-13,15H,3-5,8,10,14,16H2,1-2H3,(H,26,30). The molecule has 1 amide bonds. The van der Waals surface area contributed by atoms with Gasteiger partial charge >= 0.3 is 0 Å². The second kappa shape index (κ2) is 9.72.